The summed E-state index contributed by atoms with van der Waals surface area (Å²) in [6.07, 6.45) is 3.94. The van der Waals surface area contributed by atoms with Gasteiger partial charge in [-0.3, -0.25) is 9.59 Å². The Balaban J connectivity index is 1.95. The van der Waals surface area contributed by atoms with Crippen molar-refractivity contribution in [2.24, 2.45) is 11.7 Å². The van der Waals surface area contributed by atoms with E-state index >= 15 is 0 Å². The fourth-order valence-corrected chi connectivity index (χ4v) is 2.56. The van der Waals surface area contributed by atoms with Crippen LogP contribution in [0, 0.1) is 5.92 Å². The van der Waals surface area contributed by atoms with Crippen molar-refractivity contribution in [1.82, 2.24) is 0 Å². The van der Waals surface area contributed by atoms with Crippen molar-refractivity contribution < 1.29 is 9.59 Å². The first-order chi connectivity index (χ1) is 9.56. The second kappa shape index (κ2) is 6.52. The van der Waals surface area contributed by atoms with Gasteiger partial charge in [0.2, 0.25) is 11.8 Å². The predicted octanol–water partition coefficient (Wildman–Crippen LogP) is 2.10. The van der Waals surface area contributed by atoms with Gasteiger partial charge in [0.25, 0.3) is 0 Å². The zero-order chi connectivity index (χ0) is 14.5. The molecule has 5 nitrogen and oxygen atoms in total. The number of carbonyl (C=O) groups excluding carboxylic acids is 2. The van der Waals surface area contributed by atoms with Gasteiger partial charge in [0.05, 0.1) is 5.92 Å². The van der Waals surface area contributed by atoms with E-state index < -0.39 is 0 Å². The summed E-state index contributed by atoms with van der Waals surface area (Å²) < 4.78 is 0. The molecule has 1 fully saturated rings. The molecule has 1 aromatic carbocycles. The molecule has 0 spiro atoms. The van der Waals surface area contributed by atoms with E-state index in [9.17, 15) is 9.59 Å². The van der Waals surface area contributed by atoms with Gasteiger partial charge in [-0.15, -0.1) is 0 Å². The van der Waals surface area contributed by atoms with E-state index in [4.69, 9.17) is 5.73 Å². The lowest BCUT2D eigenvalue weighted by Crippen LogP contribution is -2.40. The smallest absolute Gasteiger partial charge is 0.229 e. The molecule has 5 heteroatoms. The lowest BCUT2D eigenvalue weighted by atomic mass is 9.84. The molecule has 0 radical (unpaired) electrons. The Hall–Kier alpha value is -1.88. The maximum atomic E-state index is 12.2. The Morgan fingerprint density at radius 3 is 2.15 bits per heavy atom. The minimum Gasteiger partial charge on any atom is -0.327 e. The van der Waals surface area contributed by atoms with E-state index in [1.54, 1.807) is 24.3 Å². The lowest BCUT2D eigenvalue weighted by Gasteiger charge is -2.27. The van der Waals surface area contributed by atoms with Crippen LogP contribution < -0.4 is 16.4 Å². The van der Waals surface area contributed by atoms with Crippen molar-refractivity contribution in [2.45, 2.75) is 38.6 Å². The van der Waals surface area contributed by atoms with Gasteiger partial charge < -0.3 is 16.4 Å². The summed E-state index contributed by atoms with van der Waals surface area (Å²) in [5.41, 5.74) is 7.44. The average Bonchev–Trinajstić information content (AvgIpc) is 2.41. The maximum absolute atomic E-state index is 12.2. The van der Waals surface area contributed by atoms with Gasteiger partial charge in [-0.25, -0.2) is 0 Å². The van der Waals surface area contributed by atoms with Crippen LogP contribution in [0.2, 0.25) is 0 Å². The van der Waals surface area contributed by atoms with Crippen molar-refractivity contribution >= 4 is 23.2 Å². The number of benzene rings is 1. The molecular formula is C15H21N3O2. The molecule has 2 atom stereocenters. The van der Waals surface area contributed by atoms with Crippen molar-refractivity contribution in [1.29, 1.82) is 0 Å². The summed E-state index contributed by atoms with van der Waals surface area (Å²) >= 11 is 0. The number of rotatable bonds is 3. The summed E-state index contributed by atoms with van der Waals surface area (Å²) in [4.78, 5) is 23.1. The Bertz CT molecular complexity index is 484. The standard InChI is InChI=1S/C15H21N3O2/c1-10(19)17-11-6-8-12(9-7-11)18-15(20)13-4-2-3-5-14(13)16/h6-9,13-14H,2-5,16H2,1H3,(H,17,19)(H,18,20). The lowest BCUT2D eigenvalue weighted by molar-refractivity contribution is -0.121. The van der Waals surface area contributed by atoms with E-state index in [0.29, 0.717) is 5.69 Å². The maximum Gasteiger partial charge on any atom is 0.229 e. The van der Waals surface area contributed by atoms with Gasteiger partial charge in [0, 0.05) is 24.3 Å². The van der Waals surface area contributed by atoms with E-state index in [2.05, 4.69) is 10.6 Å². The molecule has 1 saturated carbocycles. The molecule has 1 aliphatic rings. The molecule has 0 saturated heterocycles. The second-order valence-corrected chi connectivity index (χ2v) is 5.30. The highest BCUT2D eigenvalue weighted by Crippen LogP contribution is 2.24. The van der Waals surface area contributed by atoms with E-state index in [1.165, 1.54) is 6.92 Å². The number of hydrogen-bond donors (Lipinski definition) is 3. The molecular weight excluding hydrogens is 254 g/mol. The number of amides is 2. The van der Waals surface area contributed by atoms with Crippen molar-refractivity contribution in [2.75, 3.05) is 10.6 Å². The van der Waals surface area contributed by atoms with E-state index in [-0.39, 0.29) is 23.8 Å². The van der Waals surface area contributed by atoms with Crippen LogP contribution in [0.4, 0.5) is 11.4 Å². The SMILES string of the molecule is CC(=O)Nc1ccc(NC(=O)C2CCCCC2N)cc1. The molecule has 1 aromatic rings. The molecule has 2 rings (SSSR count). The third-order valence-electron chi connectivity index (χ3n) is 3.63. The van der Waals surface area contributed by atoms with Crippen LogP contribution in [-0.4, -0.2) is 17.9 Å². The third-order valence-corrected chi connectivity index (χ3v) is 3.63. The number of carbonyl (C=O) groups is 2. The van der Waals surface area contributed by atoms with Crippen LogP contribution in [-0.2, 0) is 9.59 Å². The number of hydrogen-bond acceptors (Lipinski definition) is 3. The zero-order valence-corrected chi connectivity index (χ0v) is 11.7. The highest BCUT2D eigenvalue weighted by Gasteiger charge is 2.28. The summed E-state index contributed by atoms with van der Waals surface area (Å²) in [5, 5.41) is 5.58. The first-order valence-electron chi connectivity index (χ1n) is 7.00. The van der Waals surface area contributed by atoms with Crippen LogP contribution in [0.1, 0.15) is 32.6 Å². The van der Waals surface area contributed by atoms with Crippen LogP contribution in [0.15, 0.2) is 24.3 Å². The molecule has 0 bridgehead atoms. The molecule has 2 unspecified atom stereocenters. The molecule has 0 aromatic heterocycles. The van der Waals surface area contributed by atoms with Crippen molar-refractivity contribution in [3.63, 3.8) is 0 Å². The highest BCUT2D eigenvalue weighted by atomic mass is 16.2. The van der Waals surface area contributed by atoms with Crippen LogP contribution in [0.25, 0.3) is 0 Å². The number of nitrogens with one attached hydrogen (secondary N) is 2. The molecule has 0 heterocycles. The van der Waals surface area contributed by atoms with Gasteiger partial charge in [-0.2, -0.15) is 0 Å². The minimum absolute atomic E-state index is 0.00974. The van der Waals surface area contributed by atoms with Gasteiger partial charge >= 0.3 is 0 Å². The quantitative estimate of drug-likeness (QED) is 0.789. The average molecular weight is 275 g/mol. The zero-order valence-electron chi connectivity index (χ0n) is 11.7. The fourth-order valence-electron chi connectivity index (χ4n) is 2.56. The first kappa shape index (κ1) is 14.5. The molecule has 108 valence electrons. The second-order valence-electron chi connectivity index (χ2n) is 5.30. The normalized spacial score (nSPS) is 22.1. The topological polar surface area (TPSA) is 84.2 Å². The molecule has 1 aliphatic carbocycles. The third kappa shape index (κ3) is 3.81. The summed E-state index contributed by atoms with van der Waals surface area (Å²) in [5.74, 6) is -0.224. The van der Waals surface area contributed by atoms with E-state index in [0.717, 1.165) is 31.4 Å². The van der Waals surface area contributed by atoms with Crippen molar-refractivity contribution in [3.05, 3.63) is 24.3 Å². The molecule has 4 N–H and O–H groups in total. The first-order valence-corrected chi connectivity index (χ1v) is 7.00. The largest absolute Gasteiger partial charge is 0.327 e. The predicted molar refractivity (Wildman–Crippen MR) is 79.3 cm³/mol. The Morgan fingerprint density at radius 2 is 1.60 bits per heavy atom. The Kier molecular flexibility index (Phi) is 4.74. The Labute approximate surface area is 118 Å². The summed E-state index contributed by atoms with van der Waals surface area (Å²) in [6.45, 7) is 1.46. The molecule has 2 amide bonds. The molecule has 20 heavy (non-hydrogen) atoms. The number of anilines is 2. The summed E-state index contributed by atoms with van der Waals surface area (Å²) in [7, 11) is 0. The monoisotopic (exact) mass is 275 g/mol. The highest BCUT2D eigenvalue weighted by molar-refractivity contribution is 5.94. The number of nitrogens with two attached hydrogens (primary N) is 1. The van der Waals surface area contributed by atoms with E-state index in [1.807, 2.05) is 0 Å². The minimum atomic E-state index is -0.116. The van der Waals surface area contributed by atoms with Gasteiger partial charge in [-0.05, 0) is 37.1 Å². The van der Waals surface area contributed by atoms with Crippen molar-refractivity contribution in [3.8, 4) is 0 Å². The van der Waals surface area contributed by atoms with Gasteiger partial charge in [0.1, 0.15) is 0 Å². The Morgan fingerprint density at radius 1 is 1.05 bits per heavy atom. The van der Waals surface area contributed by atoms with Gasteiger partial charge in [0.15, 0.2) is 0 Å². The van der Waals surface area contributed by atoms with Crippen LogP contribution in [0.3, 0.4) is 0 Å². The van der Waals surface area contributed by atoms with Crippen LogP contribution in [0.5, 0.6) is 0 Å². The summed E-state index contributed by atoms with van der Waals surface area (Å²) in [6, 6.07) is 7.03. The molecule has 0 aliphatic heterocycles. The van der Waals surface area contributed by atoms with Crippen LogP contribution >= 0.6 is 0 Å². The fraction of sp³-hybridized carbons (Fsp3) is 0.467. The van der Waals surface area contributed by atoms with Gasteiger partial charge in [-0.1, -0.05) is 12.8 Å².